The molecule has 2 amide bonds. The fourth-order valence-corrected chi connectivity index (χ4v) is 2.96. The van der Waals surface area contributed by atoms with Gasteiger partial charge in [0.1, 0.15) is 0 Å². The summed E-state index contributed by atoms with van der Waals surface area (Å²) in [6.07, 6.45) is 19.1. The maximum atomic E-state index is 11.9. The van der Waals surface area contributed by atoms with E-state index in [-0.39, 0.29) is 25.5 Å². The second-order valence-electron chi connectivity index (χ2n) is 7.04. The number of carbonyl (C=O) groups is 2. The van der Waals surface area contributed by atoms with Crippen molar-refractivity contribution in [2.75, 3.05) is 13.2 Å². The van der Waals surface area contributed by atoms with E-state index in [1.54, 1.807) is 6.08 Å². The van der Waals surface area contributed by atoms with Crippen LogP contribution in [0.3, 0.4) is 0 Å². The second-order valence-corrected chi connectivity index (χ2v) is 7.04. The Morgan fingerprint density at radius 3 is 2.00 bits per heavy atom. The zero-order chi connectivity index (χ0) is 19.5. The number of carbonyl (C=O) groups excluding carboxylic acids is 2. The molecule has 0 bridgehead atoms. The number of hydrogen-bond acceptors (Lipinski definition) is 3. The highest BCUT2D eigenvalue weighted by molar-refractivity contribution is 5.86. The van der Waals surface area contributed by atoms with Crippen LogP contribution in [0, 0.1) is 5.92 Å². The van der Waals surface area contributed by atoms with Gasteiger partial charge in [-0.3, -0.25) is 9.59 Å². The molecular formula is C21H40N2O3. The van der Waals surface area contributed by atoms with Crippen molar-refractivity contribution >= 4 is 11.8 Å². The standard InChI is InChI=1S/C21H40N2O3/c1-2-3-4-5-6-7-8-9-10-11-12-13-14-15-19(18-20(22)25)21(26)23-16-17-24/h14-15,19,24H,2-13,16-18H2,1H3,(H2,22,25)(H,23,26). The van der Waals surface area contributed by atoms with Gasteiger partial charge in [-0.25, -0.2) is 0 Å². The Kier molecular flexibility index (Phi) is 17.5. The van der Waals surface area contributed by atoms with E-state index in [0.717, 1.165) is 12.8 Å². The number of nitrogens with one attached hydrogen (secondary N) is 1. The minimum atomic E-state index is -0.535. The van der Waals surface area contributed by atoms with E-state index in [0.29, 0.717) is 0 Å². The predicted octanol–water partition coefficient (Wildman–Crippen LogP) is 3.84. The summed E-state index contributed by atoms with van der Waals surface area (Å²) in [5, 5.41) is 11.3. The van der Waals surface area contributed by atoms with Gasteiger partial charge in [0, 0.05) is 13.0 Å². The zero-order valence-electron chi connectivity index (χ0n) is 16.7. The summed E-state index contributed by atoms with van der Waals surface area (Å²) in [6.45, 7) is 2.33. The molecule has 0 aliphatic heterocycles. The molecule has 5 nitrogen and oxygen atoms in total. The molecule has 1 unspecified atom stereocenters. The van der Waals surface area contributed by atoms with Gasteiger partial charge in [-0.15, -0.1) is 0 Å². The van der Waals surface area contributed by atoms with Gasteiger partial charge in [0.25, 0.3) is 0 Å². The van der Waals surface area contributed by atoms with E-state index < -0.39 is 11.8 Å². The van der Waals surface area contributed by atoms with Gasteiger partial charge in [-0.1, -0.05) is 83.3 Å². The first-order chi connectivity index (χ1) is 12.6. The Morgan fingerprint density at radius 1 is 0.962 bits per heavy atom. The van der Waals surface area contributed by atoms with E-state index in [4.69, 9.17) is 10.8 Å². The number of hydrogen-bond donors (Lipinski definition) is 3. The van der Waals surface area contributed by atoms with Crippen LogP contribution in [-0.2, 0) is 9.59 Å². The first-order valence-electron chi connectivity index (χ1n) is 10.4. The summed E-state index contributed by atoms with van der Waals surface area (Å²) in [4.78, 5) is 23.0. The van der Waals surface area contributed by atoms with E-state index in [1.165, 1.54) is 64.2 Å². The fraction of sp³-hybridized carbons (Fsp3) is 0.810. The van der Waals surface area contributed by atoms with Crippen molar-refractivity contribution < 1.29 is 14.7 Å². The smallest absolute Gasteiger partial charge is 0.227 e. The third-order valence-corrected chi connectivity index (χ3v) is 4.51. The molecule has 1 atom stereocenters. The number of allylic oxidation sites excluding steroid dienone is 1. The van der Waals surface area contributed by atoms with Crippen LogP contribution in [-0.4, -0.2) is 30.1 Å². The molecule has 0 aromatic rings. The number of rotatable bonds is 18. The van der Waals surface area contributed by atoms with Crippen LogP contribution in [0.2, 0.25) is 0 Å². The molecule has 26 heavy (non-hydrogen) atoms. The molecule has 0 aliphatic rings. The summed E-state index contributed by atoms with van der Waals surface area (Å²) in [7, 11) is 0. The first kappa shape index (κ1) is 24.6. The number of primary amides is 1. The maximum absolute atomic E-state index is 11.9. The van der Waals surface area contributed by atoms with Crippen molar-refractivity contribution in [2.45, 2.75) is 90.4 Å². The van der Waals surface area contributed by atoms with Gasteiger partial charge in [-0.2, -0.15) is 0 Å². The molecule has 0 aliphatic carbocycles. The molecular weight excluding hydrogens is 328 g/mol. The van der Waals surface area contributed by atoms with Crippen molar-refractivity contribution in [3.8, 4) is 0 Å². The highest BCUT2D eigenvalue weighted by Crippen LogP contribution is 2.13. The largest absolute Gasteiger partial charge is 0.395 e. The van der Waals surface area contributed by atoms with Crippen molar-refractivity contribution in [1.82, 2.24) is 5.32 Å². The van der Waals surface area contributed by atoms with Gasteiger partial charge >= 0.3 is 0 Å². The van der Waals surface area contributed by atoms with Crippen molar-refractivity contribution in [3.63, 3.8) is 0 Å². The summed E-state index contributed by atoms with van der Waals surface area (Å²) >= 11 is 0. The Morgan fingerprint density at radius 2 is 1.50 bits per heavy atom. The van der Waals surface area contributed by atoms with Crippen LogP contribution in [0.5, 0.6) is 0 Å². The van der Waals surface area contributed by atoms with E-state index in [2.05, 4.69) is 12.2 Å². The van der Waals surface area contributed by atoms with Crippen LogP contribution in [0.4, 0.5) is 0 Å². The van der Waals surface area contributed by atoms with Gasteiger partial charge < -0.3 is 16.2 Å². The Hall–Kier alpha value is -1.36. The van der Waals surface area contributed by atoms with E-state index in [9.17, 15) is 9.59 Å². The highest BCUT2D eigenvalue weighted by Gasteiger charge is 2.17. The maximum Gasteiger partial charge on any atom is 0.227 e. The van der Waals surface area contributed by atoms with E-state index in [1.807, 2.05) is 6.08 Å². The molecule has 0 spiro atoms. The average Bonchev–Trinajstić information content (AvgIpc) is 2.62. The third-order valence-electron chi connectivity index (χ3n) is 4.51. The lowest BCUT2D eigenvalue weighted by molar-refractivity contribution is -0.127. The van der Waals surface area contributed by atoms with Gasteiger partial charge in [0.05, 0.1) is 12.5 Å². The minimum Gasteiger partial charge on any atom is -0.395 e. The van der Waals surface area contributed by atoms with Crippen molar-refractivity contribution in [1.29, 1.82) is 0 Å². The lowest BCUT2D eigenvalue weighted by Crippen LogP contribution is -2.34. The quantitative estimate of drug-likeness (QED) is 0.253. The number of amides is 2. The van der Waals surface area contributed by atoms with Crippen LogP contribution in [0.25, 0.3) is 0 Å². The van der Waals surface area contributed by atoms with Crippen molar-refractivity contribution in [2.24, 2.45) is 11.7 Å². The minimum absolute atomic E-state index is 0.00597. The summed E-state index contributed by atoms with van der Waals surface area (Å²) < 4.78 is 0. The lowest BCUT2D eigenvalue weighted by atomic mass is 10.0. The molecule has 0 saturated heterocycles. The normalized spacial score (nSPS) is 12.4. The molecule has 0 radical (unpaired) electrons. The Bertz CT molecular complexity index is 383. The second kappa shape index (κ2) is 18.4. The van der Waals surface area contributed by atoms with Gasteiger partial charge in [-0.05, 0) is 12.8 Å². The lowest BCUT2D eigenvalue weighted by Gasteiger charge is -2.10. The summed E-state index contributed by atoms with van der Waals surface area (Å²) in [6, 6.07) is 0. The monoisotopic (exact) mass is 368 g/mol. The zero-order valence-corrected chi connectivity index (χ0v) is 16.7. The Labute approximate surface area is 159 Å². The van der Waals surface area contributed by atoms with Gasteiger partial charge in [0.2, 0.25) is 11.8 Å². The number of aliphatic hydroxyl groups excluding tert-OH is 1. The first-order valence-corrected chi connectivity index (χ1v) is 10.4. The molecule has 0 saturated carbocycles. The van der Waals surface area contributed by atoms with Crippen LogP contribution in [0.15, 0.2) is 12.2 Å². The third kappa shape index (κ3) is 16.1. The molecule has 0 aromatic heterocycles. The van der Waals surface area contributed by atoms with E-state index >= 15 is 0 Å². The molecule has 5 heteroatoms. The number of nitrogens with two attached hydrogens (primary N) is 1. The van der Waals surface area contributed by atoms with Crippen molar-refractivity contribution in [3.05, 3.63) is 12.2 Å². The topological polar surface area (TPSA) is 92.4 Å². The molecule has 0 aromatic carbocycles. The number of unbranched alkanes of at least 4 members (excludes halogenated alkanes) is 11. The van der Waals surface area contributed by atoms with Crippen LogP contribution < -0.4 is 11.1 Å². The molecule has 0 heterocycles. The summed E-state index contributed by atoms with van der Waals surface area (Å²) in [5.74, 6) is -1.28. The summed E-state index contributed by atoms with van der Waals surface area (Å²) in [5.41, 5.74) is 5.20. The highest BCUT2D eigenvalue weighted by atomic mass is 16.3. The van der Waals surface area contributed by atoms with Crippen LogP contribution >= 0.6 is 0 Å². The molecule has 4 N–H and O–H groups in total. The molecule has 152 valence electrons. The molecule has 0 fully saturated rings. The predicted molar refractivity (Wildman–Crippen MR) is 108 cm³/mol. The fourth-order valence-electron chi connectivity index (χ4n) is 2.96. The number of aliphatic hydroxyl groups is 1. The SMILES string of the molecule is CCCCCCCCCCCCCC=CC(CC(N)=O)C(=O)NCCO. The van der Waals surface area contributed by atoms with Crippen LogP contribution in [0.1, 0.15) is 90.4 Å². The van der Waals surface area contributed by atoms with Gasteiger partial charge in [0.15, 0.2) is 0 Å². The Balaban J connectivity index is 3.71. The average molecular weight is 369 g/mol. The molecule has 0 rings (SSSR count).